The van der Waals surface area contributed by atoms with Crippen LogP contribution in [0.3, 0.4) is 0 Å². The van der Waals surface area contributed by atoms with Crippen LogP contribution in [0.4, 0.5) is 13.6 Å². The zero-order valence-electron chi connectivity index (χ0n) is 20.9. The minimum absolute atomic E-state index is 0.0314. The van der Waals surface area contributed by atoms with Crippen LogP contribution in [0.25, 0.3) is 11.1 Å². The molecule has 5 nitrogen and oxygen atoms in total. The molecule has 3 aliphatic heterocycles. The van der Waals surface area contributed by atoms with E-state index in [4.69, 9.17) is 15.2 Å². The van der Waals surface area contributed by atoms with Crippen LogP contribution in [0.15, 0.2) is 30.3 Å². The van der Waals surface area contributed by atoms with Crippen molar-refractivity contribution in [3.05, 3.63) is 53.1 Å². The van der Waals surface area contributed by atoms with Crippen LogP contribution < -0.4 is 10.5 Å². The van der Waals surface area contributed by atoms with Crippen LogP contribution in [-0.4, -0.2) is 36.7 Å². The number of benzene rings is 2. The molecule has 2 aromatic carbocycles. The van der Waals surface area contributed by atoms with E-state index in [0.29, 0.717) is 29.0 Å². The van der Waals surface area contributed by atoms with Gasteiger partial charge in [0, 0.05) is 29.0 Å². The summed E-state index contributed by atoms with van der Waals surface area (Å²) in [4.78, 5) is 14.7. The van der Waals surface area contributed by atoms with Gasteiger partial charge in [-0.15, -0.1) is 0 Å². The monoisotopic (exact) mass is 484 g/mol. The molecule has 2 bridgehead atoms. The summed E-state index contributed by atoms with van der Waals surface area (Å²) in [6.07, 6.45) is 1.66. The summed E-state index contributed by atoms with van der Waals surface area (Å²) in [5.41, 5.74) is 6.50. The van der Waals surface area contributed by atoms with Gasteiger partial charge >= 0.3 is 6.09 Å². The van der Waals surface area contributed by atoms with Crippen LogP contribution in [0.1, 0.15) is 51.7 Å². The summed E-state index contributed by atoms with van der Waals surface area (Å²) >= 11 is 0. The number of amides is 1. The average molecular weight is 485 g/mol. The summed E-state index contributed by atoms with van der Waals surface area (Å²) < 4.78 is 42.0. The van der Waals surface area contributed by atoms with Crippen molar-refractivity contribution in [3.63, 3.8) is 0 Å². The molecule has 3 saturated heterocycles. The van der Waals surface area contributed by atoms with E-state index in [1.807, 2.05) is 13.8 Å². The van der Waals surface area contributed by atoms with Crippen molar-refractivity contribution in [3.8, 4) is 16.9 Å². The lowest BCUT2D eigenvalue weighted by Gasteiger charge is -2.55. The number of fused-ring (bicyclic) bond motifs is 4. The molecule has 2 N–H and O–H groups in total. The third-order valence-electron chi connectivity index (χ3n) is 8.28. The number of nitrogens with two attached hydrogens (primary N) is 1. The number of carbonyl (C=O) groups is 1. The maximum absolute atomic E-state index is 15.7. The first-order valence-corrected chi connectivity index (χ1v) is 12.5. The van der Waals surface area contributed by atoms with Crippen LogP contribution in [0, 0.1) is 28.9 Å². The Hall–Kier alpha value is -2.67. The first-order valence-electron chi connectivity index (χ1n) is 12.5. The molecule has 1 amide bonds. The summed E-state index contributed by atoms with van der Waals surface area (Å²) in [6, 6.07) is 7.80. The molecule has 0 radical (unpaired) electrons. The predicted octanol–water partition coefficient (Wildman–Crippen LogP) is 5.63. The van der Waals surface area contributed by atoms with Gasteiger partial charge in [-0.1, -0.05) is 19.9 Å². The minimum Gasteiger partial charge on any atom is -0.488 e. The second-order valence-electron chi connectivity index (χ2n) is 11.3. The van der Waals surface area contributed by atoms with Gasteiger partial charge in [-0.3, -0.25) is 0 Å². The van der Waals surface area contributed by atoms with Gasteiger partial charge in [0.2, 0.25) is 0 Å². The van der Waals surface area contributed by atoms with E-state index in [0.717, 1.165) is 38.0 Å². The lowest BCUT2D eigenvalue weighted by atomic mass is 9.60. The molecule has 0 unspecified atom stereocenters. The molecule has 2 aromatic rings. The van der Waals surface area contributed by atoms with Gasteiger partial charge in [0.15, 0.2) is 11.6 Å². The maximum Gasteiger partial charge on any atom is 0.405 e. The largest absolute Gasteiger partial charge is 0.488 e. The van der Waals surface area contributed by atoms with Crippen LogP contribution in [0.2, 0.25) is 0 Å². The molecule has 2 atom stereocenters. The Kier molecular flexibility index (Phi) is 5.82. The molecule has 3 heterocycles. The molecule has 0 spiro atoms. The van der Waals surface area contributed by atoms with Gasteiger partial charge in [-0.05, 0) is 87.5 Å². The zero-order chi connectivity index (χ0) is 25.1. The molecular weight excluding hydrogens is 450 g/mol. The first-order chi connectivity index (χ1) is 16.5. The third-order valence-corrected chi connectivity index (χ3v) is 8.28. The van der Waals surface area contributed by atoms with Crippen LogP contribution >= 0.6 is 0 Å². The Bertz CT molecular complexity index is 1160. The lowest BCUT2D eigenvalue weighted by Crippen LogP contribution is -2.60. The Morgan fingerprint density at radius 3 is 2.40 bits per heavy atom. The highest BCUT2D eigenvalue weighted by Crippen LogP contribution is 2.60. The van der Waals surface area contributed by atoms with Crippen molar-refractivity contribution in [2.45, 2.75) is 58.7 Å². The maximum atomic E-state index is 15.7. The van der Waals surface area contributed by atoms with E-state index in [9.17, 15) is 9.18 Å². The fourth-order valence-electron chi connectivity index (χ4n) is 6.88. The number of rotatable bonds is 5. The molecule has 188 valence electrons. The smallest absolute Gasteiger partial charge is 0.405 e. The fraction of sp³-hybridized carbons (Fsp3) is 0.536. The number of nitrogens with zero attached hydrogens (tertiary/aromatic N) is 1. The van der Waals surface area contributed by atoms with Crippen molar-refractivity contribution in [2.75, 3.05) is 19.6 Å². The molecule has 0 aromatic heterocycles. The average Bonchev–Trinajstić information content (AvgIpc) is 3.01. The molecule has 0 saturated carbocycles. The van der Waals surface area contributed by atoms with E-state index >= 15 is 4.39 Å². The number of hydrogen-bond acceptors (Lipinski definition) is 4. The summed E-state index contributed by atoms with van der Waals surface area (Å²) in [6.45, 7) is 10.7. The van der Waals surface area contributed by atoms with Crippen molar-refractivity contribution in [1.82, 2.24) is 4.90 Å². The van der Waals surface area contributed by atoms with Crippen LogP contribution in [0.5, 0.6) is 5.75 Å². The number of piperidine rings is 3. The standard InChI is InChI=1S/C28H34F2N2O3/c1-16(2)34-25-6-5-18(12-24(25)30)20-11-19-14-27(3,4)28(35-26(31)33,21(19)13-23(20)29)22-15-32-9-7-17(22)8-10-32/h5-6,11-13,16-17,22H,7-10,14-15H2,1-4H3,(H2,31,33)/t22-,28-/m1/s1. The second-order valence-corrected chi connectivity index (χ2v) is 11.3. The van der Waals surface area contributed by atoms with Gasteiger partial charge in [0.25, 0.3) is 0 Å². The topological polar surface area (TPSA) is 64.8 Å². The zero-order valence-corrected chi connectivity index (χ0v) is 20.9. The van der Waals surface area contributed by atoms with Crippen molar-refractivity contribution in [1.29, 1.82) is 0 Å². The Morgan fingerprint density at radius 1 is 1.11 bits per heavy atom. The normalized spacial score (nSPS) is 28.7. The van der Waals surface area contributed by atoms with E-state index < -0.39 is 28.7 Å². The van der Waals surface area contributed by atoms with Gasteiger partial charge in [0.1, 0.15) is 11.4 Å². The highest BCUT2D eigenvalue weighted by Gasteiger charge is 2.63. The molecule has 6 rings (SSSR count). The van der Waals surface area contributed by atoms with Gasteiger partial charge < -0.3 is 20.1 Å². The molecule has 3 fully saturated rings. The Balaban J connectivity index is 1.61. The predicted molar refractivity (Wildman–Crippen MR) is 130 cm³/mol. The molecule has 35 heavy (non-hydrogen) atoms. The van der Waals surface area contributed by atoms with E-state index in [-0.39, 0.29) is 17.8 Å². The van der Waals surface area contributed by atoms with Crippen LogP contribution in [-0.2, 0) is 16.8 Å². The fourth-order valence-corrected chi connectivity index (χ4v) is 6.88. The summed E-state index contributed by atoms with van der Waals surface area (Å²) in [5, 5.41) is 0. The van der Waals surface area contributed by atoms with Crippen molar-refractivity contribution >= 4 is 6.09 Å². The highest BCUT2D eigenvalue weighted by molar-refractivity contribution is 5.70. The number of halogens is 2. The molecule has 4 aliphatic rings. The SMILES string of the molecule is CC(C)Oc1ccc(-c2cc3c(cc2F)[C@@](OC(N)=O)([C@@H]2CN4CCC2CC4)C(C)(C)C3)cc1F. The molecular formula is C28H34F2N2O3. The number of hydrogen-bond donors (Lipinski definition) is 1. The van der Waals surface area contributed by atoms with Crippen molar-refractivity contribution < 1.29 is 23.0 Å². The summed E-state index contributed by atoms with van der Waals surface area (Å²) in [5.74, 6) is -0.450. The lowest BCUT2D eigenvalue weighted by molar-refractivity contribution is -0.157. The van der Waals surface area contributed by atoms with E-state index in [1.54, 1.807) is 12.1 Å². The van der Waals surface area contributed by atoms with E-state index in [2.05, 4.69) is 18.7 Å². The first kappa shape index (κ1) is 24.0. The van der Waals surface area contributed by atoms with E-state index in [1.165, 1.54) is 18.2 Å². The van der Waals surface area contributed by atoms with Gasteiger partial charge in [-0.25, -0.2) is 13.6 Å². The third kappa shape index (κ3) is 3.88. The summed E-state index contributed by atoms with van der Waals surface area (Å²) in [7, 11) is 0. The highest BCUT2D eigenvalue weighted by atomic mass is 19.1. The minimum atomic E-state index is -1.02. The van der Waals surface area contributed by atoms with Gasteiger partial charge in [0.05, 0.1) is 6.10 Å². The van der Waals surface area contributed by atoms with Gasteiger partial charge in [-0.2, -0.15) is 0 Å². The number of primary amides is 1. The molecule has 7 heteroatoms. The molecule has 1 aliphatic carbocycles. The quantitative estimate of drug-likeness (QED) is 0.597. The Morgan fingerprint density at radius 2 is 1.83 bits per heavy atom. The number of carbonyl (C=O) groups excluding carboxylic acids is 1. The Labute approximate surface area is 205 Å². The van der Waals surface area contributed by atoms with Crippen molar-refractivity contribution in [2.24, 2.45) is 23.0 Å². The second kappa shape index (κ2) is 8.47. The number of ether oxygens (including phenoxy) is 2.